The summed E-state index contributed by atoms with van der Waals surface area (Å²) in [4.78, 5) is 8.97. The lowest BCUT2D eigenvalue weighted by atomic mass is 10.1. The quantitative estimate of drug-likeness (QED) is 0.844. The first-order valence-corrected chi connectivity index (χ1v) is 7.35. The van der Waals surface area contributed by atoms with Gasteiger partial charge in [0.2, 0.25) is 5.89 Å². The van der Waals surface area contributed by atoms with Gasteiger partial charge < -0.3 is 9.09 Å². The van der Waals surface area contributed by atoms with E-state index in [1.807, 2.05) is 30.8 Å². The monoisotopic (exact) mass is 300 g/mol. The van der Waals surface area contributed by atoms with E-state index in [1.54, 1.807) is 0 Å². The molecule has 0 spiro atoms. The van der Waals surface area contributed by atoms with Crippen molar-refractivity contribution in [1.29, 1.82) is 5.26 Å². The molecule has 116 valence electrons. The van der Waals surface area contributed by atoms with Gasteiger partial charge in [-0.05, 0) is 25.6 Å². The van der Waals surface area contributed by atoms with Crippen LogP contribution in [0.4, 0.5) is 0 Å². The summed E-state index contributed by atoms with van der Waals surface area (Å²) in [6, 6.07) is 4.27. The van der Waals surface area contributed by atoms with Crippen molar-refractivity contribution in [1.82, 2.24) is 24.5 Å². The van der Waals surface area contributed by atoms with Crippen LogP contribution >= 0.6 is 0 Å². The Labute approximate surface area is 129 Å². The van der Waals surface area contributed by atoms with Crippen molar-refractivity contribution in [2.24, 2.45) is 7.05 Å². The van der Waals surface area contributed by atoms with Crippen LogP contribution in [0.15, 0.2) is 16.8 Å². The molecule has 2 aromatic heterocycles. The van der Waals surface area contributed by atoms with Crippen molar-refractivity contribution >= 4 is 0 Å². The maximum absolute atomic E-state index is 9.05. The van der Waals surface area contributed by atoms with Gasteiger partial charge >= 0.3 is 0 Å². The average molecular weight is 300 g/mol. The lowest BCUT2D eigenvalue weighted by molar-refractivity contribution is 0.0714. The van der Waals surface area contributed by atoms with Crippen molar-refractivity contribution in [2.75, 3.05) is 26.7 Å². The van der Waals surface area contributed by atoms with E-state index in [4.69, 9.17) is 9.78 Å². The normalized spacial score (nSPS) is 20.2. The number of rotatable bonds is 3. The highest BCUT2D eigenvalue weighted by molar-refractivity contribution is 5.28. The van der Waals surface area contributed by atoms with Gasteiger partial charge in [-0.15, -0.1) is 0 Å². The largest absolute Gasteiger partial charge is 0.342 e. The van der Waals surface area contributed by atoms with E-state index >= 15 is 0 Å². The van der Waals surface area contributed by atoms with Crippen LogP contribution in [0, 0.1) is 18.3 Å². The Kier molecular flexibility index (Phi) is 3.96. The van der Waals surface area contributed by atoms with E-state index in [9.17, 15) is 0 Å². The van der Waals surface area contributed by atoms with Gasteiger partial charge in [-0.25, -0.2) is 0 Å². The van der Waals surface area contributed by atoms with Crippen LogP contribution in [-0.2, 0) is 13.6 Å². The second-order valence-electron chi connectivity index (χ2n) is 5.87. The maximum Gasteiger partial charge on any atom is 0.245 e. The summed E-state index contributed by atoms with van der Waals surface area (Å²) in [5.74, 6) is 1.35. The minimum atomic E-state index is 0.120. The first-order valence-electron chi connectivity index (χ1n) is 7.35. The van der Waals surface area contributed by atoms with Gasteiger partial charge in [-0.2, -0.15) is 10.2 Å². The molecule has 1 saturated heterocycles. The zero-order chi connectivity index (χ0) is 15.7. The third-order valence-corrected chi connectivity index (χ3v) is 4.14. The number of hydrogen-bond acceptors (Lipinski definition) is 6. The van der Waals surface area contributed by atoms with E-state index in [-0.39, 0.29) is 6.04 Å². The average Bonchev–Trinajstić information content (AvgIpc) is 3.07. The Morgan fingerprint density at radius 3 is 2.86 bits per heavy atom. The summed E-state index contributed by atoms with van der Waals surface area (Å²) in [6.45, 7) is 5.43. The van der Waals surface area contributed by atoms with E-state index in [1.165, 1.54) is 0 Å². The number of likely N-dealkylation sites (N-methyl/N-ethyl adjacent to an activating group) is 1. The predicted molar refractivity (Wildman–Crippen MR) is 79.8 cm³/mol. The molecule has 0 N–H and O–H groups in total. The van der Waals surface area contributed by atoms with Gasteiger partial charge in [-0.3, -0.25) is 9.80 Å². The topological polar surface area (TPSA) is 74.1 Å². The van der Waals surface area contributed by atoms with Crippen LogP contribution in [0.3, 0.4) is 0 Å². The second-order valence-corrected chi connectivity index (χ2v) is 5.87. The second kappa shape index (κ2) is 5.91. The molecule has 3 rings (SSSR count). The molecule has 7 heteroatoms. The van der Waals surface area contributed by atoms with Crippen molar-refractivity contribution < 1.29 is 4.52 Å². The van der Waals surface area contributed by atoms with Crippen molar-refractivity contribution in [3.05, 3.63) is 35.2 Å². The summed E-state index contributed by atoms with van der Waals surface area (Å²) >= 11 is 0. The fourth-order valence-electron chi connectivity index (χ4n) is 2.88. The smallest absolute Gasteiger partial charge is 0.245 e. The molecule has 1 atom stereocenters. The molecule has 7 nitrogen and oxygen atoms in total. The van der Waals surface area contributed by atoms with Crippen molar-refractivity contribution in [2.45, 2.75) is 19.5 Å². The summed E-state index contributed by atoms with van der Waals surface area (Å²) in [5, 5.41) is 12.9. The number of hydrogen-bond donors (Lipinski definition) is 0. The number of piperazine rings is 1. The molecular formula is C15H20N6O. The first-order chi connectivity index (χ1) is 10.6. The molecule has 2 aromatic rings. The van der Waals surface area contributed by atoms with E-state index in [2.05, 4.69) is 33.1 Å². The fourth-order valence-corrected chi connectivity index (χ4v) is 2.88. The molecule has 0 amide bonds. The van der Waals surface area contributed by atoms with Crippen molar-refractivity contribution in [3.63, 3.8) is 0 Å². The van der Waals surface area contributed by atoms with E-state index < -0.39 is 0 Å². The minimum absolute atomic E-state index is 0.120. The van der Waals surface area contributed by atoms with E-state index in [0.717, 1.165) is 31.7 Å². The molecule has 0 radical (unpaired) electrons. The molecule has 22 heavy (non-hydrogen) atoms. The molecule has 1 aliphatic heterocycles. The zero-order valence-electron chi connectivity index (χ0n) is 13.2. The van der Waals surface area contributed by atoms with Crippen LogP contribution in [0.1, 0.15) is 29.0 Å². The number of aryl methyl sites for hydroxylation is 2. The molecule has 1 aliphatic rings. The lowest BCUT2D eigenvalue weighted by Gasteiger charge is -2.37. The highest BCUT2D eigenvalue weighted by Gasteiger charge is 2.29. The minimum Gasteiger partial charge on any atom is -0.342 e. The summed E-state index contributed by atoms with van der Waals surface area (Å²) in [6.07, 6.45) is 2.02. The SMILES string of the molecule is Cc1noc(C2CN(Cc3cc(C#N)n(C)c3)CCN2C)n1. The van der Waals surface area contributed by atoms with Crippen LogP contribution < -0.4 is 0 Å². The van der Waals surface area contributed by atoms with Gasteiger partial charge in [0, 0.05) is 39.4 Å². The summed E-state index contributed by atoms with van der Waals surface area (Å²) < 4.78 is 7.20. The number of nitriles is 1. The first kappa shape index (κ1) is 14.8. The Morgan fingerprint density at radius 2 is 2.23 bits per heavy atom. The molecule has 1 fully saturated rings. The van der Waals surface area contributed by atoms with Gasteiger partial charge in [0.05, 0.1) is 0 Å². The molecule has 0 aromatic carbocycles. The highest BCUT2D eigenvalue weighted by atomic mass is 16.5. The molecule has 0 saturated carbocycles. The molecular weight excluding hydrogens is 280 g/mol. The molecule has 0 bridgehead atoms. The van der Waals surface area contributed by atoms with Crippen LogP contribution in [-0.4, -0.2) is 51.2 Å². The Hall–Kier alpha value is -2.17. The van der Waals surface area contributed by atoms with Gasteiger partial charge in [-0.1, -0.05) is 5.16 Å². The lowest BCUT2D eigenvalue weighted by Crippen LogP contribution is -2.46. The van der Waals surface area contributed by atoms with E-state index in [0.29, 0.717) is 17.4 Å². The Balaban J connectivity index is 1.71. The Morgan fingerprint density at radius 1 is 1.41 bits per heavy atom. The molecule has 0 aliphatic carbocycles. The van der Waals surface area contributed by atoms with Gasteiger partial charge in [0.15, 0.2) is 5.82 Å². The number of aromatic nitrogens is 3. The predicted octanol–water partition coefficient (Wildman–Crippen LogP) is 1.08. The summed E-state index contributed by atoms with van der Waals surface area (Å²) in [7, 11) is 3.98. The molecule has 1 unspecified atom stereocenters. The zero-order valence-corrected chi connectivity index (χ0v) is 13.2. The standard InChI is InChI=1S/C15H20N6O/c1-11-17-15(22-18-11)14-10-21(5-4-19(14)2)9-12-6-13(7-16)20(3)8-12/h6,8,14H,4-5,9-10H2,1-3H3. The number of nitrogens with zero attached hydrogens (tertiary/aromatic N) is 6. The van der Waals surface area contributed by atoms with Crippen LogP contribution in [0.25, 0.3) is 0 Å². The van der Waals surface area contributed by atoms with Crippen LogP contribution in [0.5, 0.6) is 0 Å². The van der Waals surface area contributed by atoms with Crippen molar-refractivity contribution in [3.8, 4) is 6.07 Å². The van der Waals surface area contributed by atoms with Gasteiger partial charge in [0.1, 0.15) is 17.8 Å². The maximum atomic E-state index is 9.05. The van der Waals surface area contributed by atoms with Gasteiger partial charge in [0.25, 0.3) is 0 Å². The third kappa shape index (κ3) is 2.89. The third-order valence-electron chi connectivity index (χ3n) is 4.14. The summed E-state index contributed by atoms with van der Waals surface area (Å²) in [5.41, 5.74) is 1.84. The van der Waals surface area contributed by atoms with Crippen LogP contribution in [0.2, 0.25) is 0 Å². The molecule has 3 heterocycles. The Bertz CT molecular complexity index is 697. The highest BCUT2D eigenvalue weighted by Crippen LogP contribution is 2.24. The fraction of sp³-hybridized carbons (Fsp3) is 0.533.